The molecule has 104 valence electrons. The van der Waals surface area contributed by atoms with Gasteiger partial charge in [-0.1, -0.05) is 0 Å². The molecule has 1 aromatic carbocycles. The van der Waals surface area contributed by atoms with Crippen LogP contribution in [0.5, 0.6) is 17.2 Å². The Hall–Kier alpha value is -2.61. The predicted octanol–water partition coefficient (Wildman–Crippen LogP) is 3.16. The summed E-state index contributed by atoms with van der Waals surface area (Å²) in [5.74, 6) is -0.461. The number of carbonyl (C=O) groups is 1. The van der Waals surface area contributed by atoms with Crippen molar-refractivity contribution in [2.75, 3.05) is 7.11 Å². The smallest absolute Gasteiger partial charge is 0.346 e. The molecule has 7 nitrogen and oxygen atoms in total. The molecule has 0 fully saturated rings. The Labute approximate surface area is 117 Å². The first-order chi connectivity index (χ1) is 9.51. The van der Waals surface area contributed by atoms with Gasteiger partial charge in [-0.2, -0.15) is 0 Å². The maximum Gasteiger partial charge on any atom is 0.346 e. The average Bonchev–Trinajstić information content (AvgIpc) is 2.87. The lowest BCUT2D eigenvalue weighted by atomic mass is 10.3. The van der Waals surface area contributed by atoms with Gasteiger partial charge in [-0.15, -0.1) is 11.3 Å². The molecule has 2 aromatic rings. The Kier molecular flexibility index (Phi) is 3.85. The van der Waals surface area contributed by atoms with Gasteiger partial charge in [0.2, 0.25) is 5.75 Å². The molecule has 1 heterocycles. The van der Waals surface area contributed by atoms with E-state index in [0.717, 1.165) is 11.3 Å². The van der Waals surface area contributed by atoms with Gasteiger partial charge in [-0.25, -0.2) is 4.79 Å². The largest absolute Gasteiger partial charge is 0.497 e. The summed E-state index contributed by atoms with van der Waals surface area (Å²) in [5.41, 5.74) is -0.228. The van der Waals surface area contributed by atoms with Gasteiger partial charge in [0.05, 0.1) is 12.0 Å². The maximum atomic E-state index is 10.9. The summed E-state index contributed by atoms with van der Waals surface area (Å²) in [7, 11) is 1.43. The Morgan fingerprint density at radius 2 is 2.10 bits per heavy atom. The average molecular weight is 295 g/mol. The van der Waals surface area contributed by atoms with Crippen molar-refractivity contribution < 1.29 is 24.3 Å². The molecule has 2 rings (SSSR count). The van der Waals surface area contributed by atoms with Crippen molar-refractivity contribution in [3.63, 3.8) is 0 Å². The number of nitro groups is 1. The van der Waals surface area contributed by atoms with E-state index in [1.54, 1.807) is 0 Å². The second kappa shape index (κ2) is 5.57. The van der Waals surface area contributed by atoms with E-state index in [1.807, 2.05) is 0 Å². The minimum Gasteiger partial charge on any atom is -0.497 e. The highest BCUT2D eigenvalue weighted by Crippen LogP contribution is 2.36. The molecule has 0 bridgehead atoms. The lowest BCUT2D eigenvalue weighted by Gasteiger charge is -2.06. The topological polar surface area (TPSA) is 98.9 Å². The van der Waals surface area contributed by atoms with Gasteiger partial charge in [-0.3, -0.25) is 10.1 Å². The second-order valence-electron chi connectivity index (χ2n) is 3.64. The number of nitro benzene ring substituents is 1. The summed E-state index contributed by atoms with van der Waals surface area (Å²) < 4.78 is 10.3. The van der Waals surface area contributed by atoms with Crippen LogP contribution in [0, 0.1) is 10.1 Å². The van der Waals surface area contributed by atoms with E-state index < -0.39 is 10.9 Å². The molecule has 0 saturated heterocycles. The summed E-state index contributed by atoms with van der Waals surface area (Å²) in [6, 6.07) is 5.38. The van der Waals surface area contributed by atoms with Crippen LogP contribution in [-0.2, 0) is 0 Å². The number of aromatic carboxylic acids is 1. The summed E-state index contributed by atoms with van der Waals surface area (Å²) in [5, 5.41) is 21.2. The molecule has 0 aliphatic heterocycles. The van der Waals surface area contributed by atoms with Gasteiger partial charge >= 0.3 is 11.7 Å². The van der Waals surface area contributed by atoms with E-state index in [-0.39, 0.29) is 22.1 Å². The highest BCUT2D eigenvalue weighted by molar-refractivity contribution is 7.12. The number of hydrogen-bond donors (Lipinski definition) is 1. The van der Waals surface area contributed by atoms with Crippen molar-refractivity contribution in [3.05, 3.63) is 44.6 Å². The van der Waals surface area contributed by atoms with Crippen LogP contribution in [0.1, 0.15) is 9.67 Å². The molecular weight excluding hydrogens is 286 g/mol. The molecule has 20 heavy (non-hydrogen) atoms. The summed E-state index contributed by atoms with van der Waals surface area (Å²) in [6.45, 7) is 0. The quantitative estimate of drug-likeness (QED) is 0.672. The lowest BCUT2D eigenvalue weighted by Crippen LogP contribution is -1.94. The number of rotatable bonds is 5. The number of nitrogens with zero attached hydrogens (tertiary/aromatic N) is 1. The van der Waals surface area contributed by atoms with Crippen LogP contribution in [0.25, 0.3) is 0 Å². The molecule has 0 amide bonds. The number of thiophene rings is 1. The van der Waals surface area contributed by atoms with Crippen LogP contribution in [0.15, 0.2) is 29.6 Å². The minimum absolute atomic E-state index is 0.0101. The molecule has 0 unspecified atom stereocenters. The number of methoxy groups -OCH3 is 1. The first-order valence-corrected chi connectivity index (χ1v) is 6.21. The van der Waals surface area contributed by atoms with E-state index >= 15 is 0 Å². The summed E-state index contributed by atoms with van der Waals surface area (Å²) in [4.78, 5) is 21.2. The molecule has 0 saturated carbocycles. The van der Waals surface area contributed by atoms with E-state index in [1.165, 1.54) is 36.8 Å². The highest BCUT2D eigenvalue weighted by Gasteiger charge is 2.18. The molecule has 1 aromatic heterocycles. The molecule has 8 heteroatoms. The van der Waals surface area contributed by atoms with Gasteiger partial charge in [0, 0.05) is 23.6 Å². The third-order valence-corrected chi connectivity index (χ3v) is 3.27. The van der Waals surface area contributed by atoms with E-state index in [4.69, 9.17) is 14.6 Å². The fraction of sp³-hybridized carbons (Fsp3) is 0.0833. The number of carboxylic acid groups (broad SMARTS) is 1. The van der Waals surface area contributed by atoms with Crippen LogP contribution in [0.2, 0.25) is 0 Å². The standard InChI is InChI=1S/C12H9NO6S/c1-18-7-2-3-9(13(16)17)10(4-7)19-8-5-11(12(14)15)20-6-8/h2-6H,1H3,(H,14,15). The molecular formula is C12H9NO6S. The van der Waals surface area contributed by atoms with Gasteiger partial charge in [0.25, 0.3) is 0 Å². The zero-order valence-electron chi connectivity index (χ0n) is 10.2. The van der Waals surface area contributed by atoms with E-state index in [2.05, 4.69) is 0 Å². The van der Waals surface area contributed by atoms with Crippen LogP contribution in [0.4, 0.5) is 5.69 Å². The monoisotopic (exact) mass is 295 g/mol. The first-order valence-electron chi connectivity index (χ1n) is 5.33. The van der Waals surface area contributed by atoms with Crippen molar-refractivity contribution in [1.82, 2.24) is 0 Å². The number of ether oxygens (including phenoxy) is 2. The van der Waals surface area contributed by atoms with Gasteiger partial charge < -0.3 is 14.6 Å². The van der Waals surface area contributed by atoms with Crippen molar-refractivity contribution in [2.45, 2.75) is 0 Å². The number of benzene rings is 1. The molecule has 0 aliphatic rings. The Bertz CT molecular complexity index is 666. The summed E-state index contributed by atoms with van der Waals surface area (Å²) in [6.07, 6.45) is 0. The first kappa shape index (κ1) is 13.8. The van der Waals surface area contributed by atoms with Crippen LogP contribution in [-0.4, -0.2) is 23.1 Å². The fourth-order valence-corrected chi connectivity index (χ4v) is 2.11. The second-order valence-corrected chi connectivity index (χ2v) is 4.56. The van der Waals surface area contributed by atoms with Crippen molar-refractivity contribution in [2.24, 2.45) is 0 Å². The Morgan fingerprint density at radius 1 is 1.35 bits per heavy atom. The SMILES string of the molecule is COc1ccc([N+](=O)[O-])c(Oc2csc(C(=O)O)c2)c1. The van der Waals surface area contributed by atoms with Gasteiger partial charge in [-0.05, 0) is 6.07 Å². The number of hydrogen-bond acceptors (Lipinski definition) is 6. The molecule has 0 atom stereocenters. The maximum absolute atomic E-state index is 10.9. The Balaban J connectivity index is 2.35. The van der Waals surface area contributed by atoms with Crippen molar-refractivity contribution in [3.8, 4) is 17.2 Å². The molecule has 1 N–H and O–H groups in total. The zero-order valence-corrected chi connectivity index (χ0v) is 11.0. The van der Waals surface area contributed by atoms with Crippen LogP contribution in [0.3, 0.4) is 0 Å². The molecule has 0 spiro atoms. The van der Waals surface area contributed by atoms with Crippen LogP contribution >= 0.6 is 11.3 Å². The third kappa shape index (κ3) is 2.86. The predicted molar refractivity (Wildman–Crippen MR) is 71.0 cm³/mol. The van der Waals surface area contributed by atoms with E-state index in [0.29, 0.717) is 5.75 Å². The molecule has 0 radical (unpaired) electrons. The number of carboxylic acids is 1. The van der Waals surface area contributed by atoms with E-state index in [9.17, 15) is 14.9 Å². The van der Waals surface area contributed by atoms with Gasteiger partial charge in [0.15, 0.2) is 0 Å². The summed E-state index contributed by atoms with van der Waals surface area (Å²) >= 11 is 0.975. The van der Waals surface area contributed by atoms with Gasteiger partial charge in [0.1, 0.15) is 16.4 Å². The van der Waals surface area contributed by atoms with Crippen molar-refractivity contribution >= 4 is 23.0 Å². The Morgan fingerprint density at radius 3 is 2.65 bits per heavy atom. The zero-order chi connectivity index (χ0) is 14.7. The lowest BCUT2D eigenvalue weighted by molar-refractivity contribution is -0.385. The van der Waals surface area contributed by atoms with Crippen LogP contribution < -0.4 is 9.47 Å². The normalized spacial score (nSPS) is 10.1. The minimum atomic E-state index is -1.08. The molecule has 0 aliphatic carbocycles. The van der Waals surface area contributed by atoms with Crippen molar-refractivity contribution in [1.29, 1.82) is 0 Å². The fourth-order valence-electron chi connectivity index (χ4n) is 1.47. The third-order valence-electron chi connectivity index (χ3n) is 2.38. The highest BCUT2D eigenvalue weighted by atomic mass is 32.1.